The van der Waals surface area contributed by atoms with Crippen LogP contribution in [0.4, 0.5) is 4.39 Å². The summed E-state index contributed by atoms with van der Waals surface area (Å²) in [6.07, 6.45) is 3.19. The summed E-state index contributed by atoms with van der Waals surface area (Å²) in [5, 5.41) is 2.73. The van der Waals surface area contributed by atoms with Gasteiger partial charge < -0.3 is 10.1 Å². The van der Waals surface area contributed by atoms with E-state index in [-0.39, 0.29) is 22.9 Å². The number of halogens is 1. The van der Waals surface area contributed by atoms with Crippen LogP contribution in [-0.4, -0.2) is 18.6 Å². The van der Waals surface area contributed by atoms with Gasteiger partial charge in [0, 0.05) is 23.1 Å². The van der Waals surface area contributed by atoms with Gasteiger partial charge in [0.1, 0.15) is 11.6 Å². The molecule has 1 aliphatic carbocycles. The van der Waals surface area contributed by atoms with Crippen molar-refractivity contribution in [3.8, 4) is 5.75 Å². The zero-order valence-electron chi connectivity index (χ0n) is 11.3. The topological polar surface area (TPSA) is 38.3 Å². The highest BCUT2D eigenvalue weighted by Gasteiger charge is 2.48. The van der Waals surface area contributed by atoms with E-state index < -0.39 is 5.82 Å². The zero-order valence-corrected chi connectivity index (χ0v) is 11.3. The molecule has 0 atom stereocenters. The Bertz CT molecular complexity index is 535. The first-order valence-electron chi connectivity index (χ1n) is 6.79. The SMILES string of the molecule is CC(C)NC(=O)c1cc2c(cc1F)OCCC21CC1. The fraction of sp³-hybridized carbons (Fsp3) is 0.533. The predicted molar refractivity (Wildman–Crippen MR) is 70.0 cm³/mol. The first-order valence-corrected chi connectivity index (χ1v) is 6.79. The van der Waals surface area contributed by atoms with E-state index in [1.807, 2.05) is 13.8 Å². The molecule has 3 rings (SSSR count). The molecule has 102 valence electrons. The van der Waals surface area contributed by atoms with Gasteiger partial charge in [0.05, 0.1) is 12.2 Å². The monoisotopic (exact) mass is 263 g/mol. The van der Waals surface area contributed by atoms with Crippen LogP contribution in [0.1, 0.15) is 49.0 Å². The molecular formula is C15H18FNO2. The fourth-order valence-corrected chi connectivity index (χ4v) is 2.76. The lowest BCUT2D eigenvalue weighted by atomic mass is 9.88. The fourth-order valence-electron chi connectivity index (χ4n) is 2.76. The number of carbonyl (C=O) groups excluding carboxylic acids is 1. The minimum atomic E-state index is -0.505. The molecule has 1 aromatic carbocycles. The van der Waals surface area contributed by atoms with E-state index in [1.165, 1.54) is 6.07 Å². The molecule has 1 saturated carbocycles. The van der Waals surface area contributed by atoms with Crippen molar-refractivity contribution >= 4 is 5.91 Å². The third-order valence-electron chi connectivity index (χ3n) is 4.00. The quantitative estimate of drug-likeness (QED) is 0.891. The number of nitrogens with one attached hydrogen (secondary N) is 1. The number of hydrogen-bond acceptors (Lipinski definition) is 2. The summed E-state index contributed by atoms with van der Waals surface area (Å²) in [6.45, 7) is 4.36. The minimum absolute atomic E-state index is 0.00549. The van der Waals surface area contributed by atoms with Crippen molar-refractivity contribution in [2.75, 3.05) is 6.61 Å². The van der Waals surface area contributed by atoms with Crippen LogP contribution in [0.5, 0.6) is 5.75 Å². The summed E-state index contributed by atoms with van der Waals surface area (Å²) in [5.41, 5.74) is 1.28. The maximum absolute atomic E-state index is 14.0. The van der Waals surface area contributed by atoms with Crippen LogP contribution in [0.15, 0.2) is 12.1 Å². The van der Waals surface area contributed by atoms with Crippen molar-refractivity contribution in [1.82, 2.24) is 5.32 Å². The molecule has 0 radical (unpaired) electrons. The van der Waals surface area contributed by atoms with Gasteiger partial charge in [-0.2, -0.15) is 0 Å². The van der Waals surface area contributed by atoms with Crippen molar-refractivity contribution in [3.63, 3.8) is 0 Å². The Hall–Kier alpha value is -1.58. The largest absolute Gasteiger partial charge is 0.493 e. The third kappa shape index (κ3) is 2.09. The summed E-state index contributed by atoms with van der Waals surface area (Å²) in [7, 11) is 0. The van der Waals surface area contributed by atoms with Gasteiger partial charge in [0.15, 0.2) is 0 Å². The molecule has 2 aliphatic rings. The maximum atomic E-state index is 14.0. The molecule has 1 spiro atoms. The highest BCUT2D eigenvalue weighted by molar-refractivity contribution is 5.95. The van der Waals surface area contributed by atoms with Gasteiger partial charge >= 0.3 is 0 Å². The van der Waals surface area contributed by atoms with E-state index in [0.29, 0.717) is 12.4 Å². The summed E-state index contributed by atoms with van der Waals surface area (Å²) in [6, 6.07) is 3.05. The van der Waals surface area contributed by atoms with Gasteiger partial charge in [-0.25, -0.2) is 4.39 Å². The van der Waals surface area contributed by atoms with Crippen molar-refractivity contribution in [2.45, 2.75) is 44.6 Å². The number of ether oxygens (including phenoxy) is 1. The first kappa shape index (κ1) is 12.5. The number of fused-ring (bicyclic) bond motifs is 2. The Kier molecular flexibility index (Phi) is 2.77. The summed E-state index contributed by atoms with van der Waals surface area (Å²) < 4.78 is 19.5. The van der Waals surface area contributed by atoms with Crippen LogP contribution in [0.2, 0.25) is 0 Å². The van der Waals surface area contributed by atoms with Crippen molar-refractivity contribution in [2.24, 2.45) is 0 Å². The second kappa shape index (κ2) is 4.22. The van der Waals surface area contributed by atoms with Crippen molar-refractivity contribution in [1.29, 1.82) is 0 Å². The van der Waals surface area contributed by atoms with Gasteiger partial charge in [0.25, 0.3) is 5.91 Å². The van der Waals surface area contributed by atoms with Gasteiger partial charge in [-0.1, -0.05) is 0 Å². The van der Waals surface area contributed by atoms with E-state index in [9.17, 15) is 9.18 Å². The minimum Gasteiger partial charge on any atom is -0.493 e. The number of hydrogen-bond donors (Lipinski definition) is 1. The van der Waals surface area contributed by atoms with Crippen molar-refractivity contribution < 1.29 is 13.9 Å². The van der Waals surface area contributed by atoms with Crippen LogP contribution < -0.4 is 10.1 Å². The lowest BCUT2D eigenvalue weighted by molar-refractivity contribution is 0.0938. The normalized spacial score (nSPS) is 18.9. The smallest absolute Gasteiger partial charge is 0.254 e. The molecule has 1 aliphatic heterocycles. The lowest BCUT2D eigenvalue weighted by Gasteiger charge is -2.26. The van der Waals surface area contributed by atoms with Crippen LogP contribution in [0.25, 0.3) is 0 Å². The Balaban J connectivity index is 2.00. The molecule has 1 fully saturated rings. The molecule has 0 unspecified atom stereocenters. The number of benzene rings is 1. The molecule has 19 heavy (non-hydrogen) atoms. The van der Waals surface area contributed by atoms with Gasteiger partial charge in [0.2, 0.25) is 0 Å². The Morgan fingerprint density at radius 1 is 1.37 bits per heavy atom. The highest BCUT2D eigenvalue weighted by atomic mass is 19.1. The average molecular weight is 263 g/mol. The number of rotatable bonds is 2. The first-order chi connectivity index (χ1) is 9.02. The van der Waals surface area contributed by atoms with E-state index in [4.69, 9.17) is 4.74 Å². The Morgan fingerprint density at radius 3 is 2.74 bits per heavy atom. The Labute approximate surface area is 112 Å². The van der Waals surface area contributed by atoms with Gasteiger partial charge in [-0.05, 0) is 39.2 Å². The molecule has 0 aromatic heterocycles. The molecule has 1 heterocycles. The molecule has 0 bridgehead atoms. The van der Waals surface area contributed by atoms with Gasteiger partial charge in [-0.3, -0.25) is 4.79 Å². The summed E-state index contributed by atoms with van der Waals surface area (Å²) >= 11 is 0. The van der Waals surface area contributed by atoms with Crippen LogP contribution >= 0.6 is 0 Å². The lowest BCUT2D eigenvalue weighted by Crippen LogP contribution is -2.31. The molecular weight excluding hydrogens is 245 g/mol. The van der Waals surface area contributed by atoms with E-state index >= 15 is 0 Å². The van der Waals surface area contributed by atoms with Crippen molar-refractivity contribution in [3.05, 3.63) is 29.1 Å². The number of carbonyl (C=O) groups is 1. The Morgan fingerprint density at radius 2 is 2.11 bits per heavy atom. The van der Waals surface area contributed by atoms with Crippen LogP contribution in [-0.2, 0) is 5.41 Å². The maximum Gasteiger partial charge on any atom is 0.254 e. The summed E-state index contributed by atoms with van der Waals surface area (Å²) in [4.78, 5) is 12.0. The number of amides is 1. The molecule has 1 amide bonds. The summed E-state index contributed by atoms with van der Waals surface area (Å²) in [5.74, 6) is -0.242. The zero-order chi connectivity index (χ0) is 13.6. The highest BCUT2D eigenvalue weighted by Crippen LogP contribution is 2.56. The molecule has 0 saturated heterocycles. The van der Waals surface area contributed by atoms with E-state index in [2.05, 4.69) is 5.32 Å². The second-order valence-electron chi connectivity index (χ2n) is 5.84. The molecule has 4 heteroatoms. The standard InChI is InChI=1S/C15H18FNO2/c1-9(2)17-14(18)10-7-11-13(8-12(10)16)19-6-5-15(11)3-4-15/h7-9H,3-6H2,1-2H3,(H,17,18). The third-order valence-corrected chi connectivity index (χ3v) is 4.00. The van der Waals surface area contributed by atoms with E-state index in [0.717, 1.165) is 24.8 Å². The van der Waals surface area contributed by atoms with Crippen LogP contribution in [0.3, 0.4) is 0 Å². The van der Waals surface area contributed by atoms with E-state index in [1.54, 1.807) is 6.07 Å². The second-order valence-corrected chi connectivity index (χ2v) is 5.84. The average Bonchev–Trinajstić information content (AvgIpc) is 3.08. The van der Waals surface area contributed by atoms with Crippen LogP contribution in [0, 0.1) is 5.82 Å². The molecule has 3 nitrogen and oxygen atoms in total. The van der Waals surface area contributed by atoms with Gasteiger partial charge in [-0.15, -0.1) is 0 Å². The molecule has 1 N–H and O–H groups in total. The molecule has 1 aromatic rings. The predicted octanol–water partition coefficient (Wildman–Crippen LogP) is 2.78.